The first kappa shape index (κ1) is 16.2. The van der Waals surface area contributed by atoms with E-state index in [1.54, 1.807) is 0 Å². The predicted octanol–water partition coefficient (Wildman–Crippen LogP) is 4.50. The Balaban J connectivity index is 3.21. The van der Waals surface area contributed by atoms with Crippen LogP contribution in [0.5, 0.6) is 11.5 Å². The predicted molar refractivity (Wildman–Crippen MR) is 44.8 cm³/mol. The van der Waals surface area contributed by atoms with Crippen LogP contribution in [-0.2, 0) is 6.18 Å². The van der Waals surface area contributed by atoms with Gasteiger partial charge in [-0.15, -0.1) is 26.3 Å². The van der Waals surface area contributed by atoms with E-state index in [0.29, 0.717) is 0 Å². The molecule has 0 aliphatic carbocycles. The van der Waals surface area contributed by atoms with Crippen LogP contribution in [0.2, 0.25) is 0 Å². The van der Waals surface area contributed by atoms with Crippen LogP contribution in [0.25, 0.3) is 0 Å². The number of benzene rings is 1. The van der Waals surface area contributed by atoms with Gasteiger partial charge in [-0.05, 0) is 18.2 Å². The van der Waals surface area contributed by atoms with Crippen molar-refractivity contribution in [3.8, 4) is 11.5 Å². The Labute approximate surface area is 104 Å². The van der Waals surface area contributed by atoms with Crippen molar-refractivity contribution in [3.63, 3.8) is 0 Å². The largest absolute Gasteiger partial charge is 0.573 e. The molecule has 0 amide bonds. The second kappa shape index (κ2) is 4.94. The molecule has 0 spiro atoms. The maximum absolute atomic E-state index is 12.5. The summed E-state index contributed by atoms with van der Waals surface area (Å²) in [5, 5.41) is 0. The van der Waals surface area contributed by atoms with Gasteiger partial charge in [-0.1, -0.05) is 0 Å². The van der Waals surface area contributed by atoms with Gasteiger partial charge in [0.15, 0.2) is 0 Å². The summed E-state index contributed by atoms with van der Waals surface area (Å²) in [5.41, 5.74) is -2.04. The standard InChI is InChI=1S/C9H3F9O2/c10-7(11,12)5-3-4(19-8(13,14)15)1-2-6(5)20-9(16,17)18/h1-3H. The number of halogens is 9. The van der Waals surface area contributed by atoms with E-state index >= 15 is 0 Å². The summed E-state index contributed by atoms with van der Waals surface area (Å²) < 4.78 is 115. The summed E-state index contributed by atoms with van der Waals surface area (Å²) >= 11 is 0. The lowest BCUT2D eigenvalue weighted by atomic mass is 10.2. The van der Waals surface area contributed by atoms with Crippen molar-refractivity contribution in [2.24, 2.45) is 0 Å². The lowest BCUT2D eigenvalue weighted by Crippen LogP contribution is -2.21. The second-order valence-corrected chi connectivity index (χ2v) is 3.25. The maximum atomic E-state index is 12.5. The summed E-state index contributed by atoms with van der Waals surface area (Å²) in [4.78, 5) is 0. The number of hydrogen-bond acceptors (Lipinski definition) is 2. The number of ether oxygens (including phenoxy) is 2. The molecule has 0 aliphatic rings. The van der Waals surface area contributed by atoms with Gasteiger partial charge in [0, 0.05) is 0 Å². The Bertz CT molecular complexity index is 472. The average Bonchev–Trinajstić information content (AvgIpc) is 2.14. The average molecular weight is 314 g/mol. The van der Waals surface area contributed by atoms with Crippen LogP contribution in [0.15, 0.2) is 18.2 Å². The van der Waals surface area contributed by atoms with Crippen molar-refractivity contribution in [3.05, 3.63) is 23.8 Å². The molecule has 0 fully saturated rings. The molecule has 1 rings (SSSR count). The minimum absolute atomic E-state index is 0.0807. The van der Waals surface area contributed by atoms with Crippen LogP contribution in [-0.4, -0.2) is 12.7 Å². The zero-order valence-corrected chi connectivity index (χ0v) is 8.95. The van der Waals surface area contributed by atoms with Crippen LogP contribution >= 0.6 is 0 Å². The molecule has 2 nitrogen and oxygen atoms in total. The molecule has 0 heterocycles. The third kappa shape index (κ3) is 5.05. The molecule has 0 bridgehead atoms. The second-order valence-electron chi connectivity index (χ2n) is 3.25. The first-order chi connectivity index (χ1) is 8.78. The SMILES string of the molecule is FC(F)(F)Oc1ccc(OC(F)(F)F)c(C(F)(F)F)c1. The summed E-state index contributed by atoms with van der Waals surface area (Å²) in [6, 6.07) is 0.107. The van der Waals surface area contributed by atoms with Crippen LogP contribution < -0.4 is 9.47 Å². The fraction of sp³-hybridized carbons (Fsp3) is 0.333. The first-order valence-corrected chi connectivity index (χ1v) is 4.51. The van der Waals surface area contributed by atoms with Gasteiger partial charge in [-0.25, -0.2) is 0 Å². The Morgan fingerprint density at radius 3 is 1.60 bits per heavy atom. The minimum Gasteiger partial charge on any atom is -0.406 e. The molecule has 114 valence electrons. The quantitative estimate of drug-likeness (QED) is 0.748. The highest BCUT2D eigenvalue weighted by Crippen LogP contribution is 2.41. The molecule has 20 heavy (non-hydrogen) atoms. The Kier molecular flexibility index (Phi) is 4.02. The van der Waals surface area contributed by atoms with Gasteiger partial charge in [0.1, 0.15) is 17.1 Å². The fourth-order valence-corrected chi connectivity index (χ4v) is 1.14. The molecule has 0 unspecified atom stereocenters. The molecule has 0 radical (unpaired) electrons. The van der Waals surface area contributed by atoms with Crippen LogP contribution in [0.4, 0.5) is 39.5 Å². The van der Waals surface area contributed by atoms with Gasteiger partial charge < -0.3 is 9.47 Å². The van der Waals surface area contributed by atoms with Gasteiger partial charge in [-0.3, -0.25) is 0 Å². The monoisotopic (exact) mass is 314 g/mol. The minimum atomic E-state index is -5.42. The summed E-state index contributed by atoms with van der Waals surface area (Å²) in [7, 11) is 0. The van der Waals surface area contributed by atoms with E-state index in [1.165, 1.54) is 0 Å². The van der Waals surface area contributed by atoms with Crippen molar-refractivity contribution >= 4 is 0 Å². The normalized spacial score (nSPS) is 13.2. The van der Waals surface area contributed by atoms with Gasteiger partial charge in [0.05, 0.1) is 0 Å². The van der Waals surface area contributed by atoms with E-state index in [1.807, 2.05) is 0 Å². The van der Waals surface area contributed by atoms with Crippen molar-refractivity contribution < 1.29 is 49.0 Å². The Morgan fingerprint density at radius 2 is 1.20 bits per heavy atom. The summed E-state index contributed by atoms with van der Waals surface area (Å²) in [6.45, 7) is 0. The highest BCUT2D eigenvalue weighted by Gasteiger charge is 2.40. The third-order valence-corrected chi connectivity index (χ3v) is 1.72. The number of hydrogen-bond donors (Lipinski definition) is 0. The smallest absolute Gasteiger partial charge is 0.406 e. The molecule has 0 N–H and O–H groups in total. The zero-order valence-electron chi connectivity index (χ0n) is 8.95. The van der Waals surface area contributed by atoms with Gasteiger partial charge in [0.2, 0.25) is 0 Å². The molecule has 1 aromatic carbocycles. The molecule has 0 saturated heterocycles. The van der Waals surface area contributed by atoms with Crippen molar-refractivity contribution in [1.82, 2.24) is 0 Å². The highest BCUT2D eigenvalue weighted by molar-refractivity contribution is 5.42. The lowest BCUT2D eigenvalue weighted by Gasteiger charge is -2.17. The molecular formula is C9H3F9O2. The van der Waals surface area contributed by atoms with Gasteiger partial charge in [-0.2, -0.15) is 13.2 Å². The van der Waals surface area contributed by atoms with Gasteiger partial charge >= 0.3 is 18.9 Å². The van der Waals surface area contributed by atoms with Crippen molar-refractivity contribution in [2.45, 2.75) is 18.9 Å². The van der Waals surface area contributed by atoms with Crippen LogP contribution in [0, 0.1) is 0 Å². The summed E-state index contributed by atoms with van der Waals surface area (Å²) in [5.74, 6) is -3.00. The van der Waals surface area contributed by atoms with E-state index in [9.17, 15) is 39.5 Å². The topological polar surface area (TPSA) is 18.5 Å². The van der Waals surface area contributed by atoms with E-state index in [0.717, 1.165) is 0 Å². The molecule has 1 aromatic rings. The zero-order chi connectivity index (χ0) is 15.8. The Morgan fingerprint density at radius 1 is 0.700 bits per heavy atom. The highest BCUT2D eigenvalue weighted by atomic mass is 19.4. The first-order valence-electron chi connectivity index (χ1n) is 4.51. The van der Waals surface area contributed by atoms with E-state index in [4.69, 9.17) is 0 Å². The Hall–Kier alpha value is -1.81. The fourth-order valence-electron chi connectivity index (χ4n) is 1.14. The molecule has 0 atom stereocenters. The van der Waals surface area contributed by atoms with Crippen molar-refractivity contribution in [1.29, 1.82) is 0 Å². The molecule has 0 saturated carbocycles. The van der Waals surface area contributed by atoms with E-state index in [-0.39, 0.29) is 18.2 Å². The van der Waals surface area contributed by atoms with Crippen LogP contribution in [0.1, 0.15) is 5.56 Å². The molecule has 11 heteroatoms. The molecule has 0 aliphatic heterocycles. The lowest BCUT2D eigenvalue weighted by molar-refractivity contribution is -0.278. The van der Waals surface area contributed by atoms with Gasteiger partial charge in [0.25, 0.3) is 0 Å². The summed E-state index contributed by atoms with van der Waals surface area (Å²) in [6.07, 6.45) is -16.1. The van der Waals surface area contributed by atoms with Crippen LogP contribution in [0.3, 0.4) is 0 Å². The third-order valence-electron chi connectivity index (χ3n) is 1.72. The van der Waals surface area contributed by atoms with E-state index < -0.39 is 36.0 Å². The molecule has 0 aromatic heterocycles. The van der Waals surface area contributed by atoms with E-state index in [2.05, 4.69) is 9.47 Å². The molecular weight excluding hydrogens is 311 g/mol. The van der Waals surface area contributed by atoms with Crippen molar-refractivity contribution in [2.75, 3.05) is 0 Å². The number of alkyl halides is 9. The maximum Gasteiger partial charge on any atom is 0.573 e. The number of rotatable bonds is 2.